The van der Waals surface area contributed by atoms with E-state index in [-0.39, 0.29) is 0 Å². The van der Waals surface area contributed by atoms with Crippen molar-refractivity contribution < 1.29 is 0 Å². The SMILES string of the molecule is CCc1ccc(C[Si](Cl)(Cl)Cl)cc1. The molecule has 4 heteroatoms. The van der Waals surface area contributed by atoms with Crippen molar-refractivity contribution in [3.8, 4) is 0 Å². The lowest BCUT2D eigenvalue weighted by Crippen LogP contribution is -2.14. The molecule has 72 valence electrons. The molecule has 0 N–H and O–H groups in total. The molecule has 0 saturated heterocycles. The van der Waals surface area contributed by atoms with Crippen molar-refractivity contribution in [3.05, 3.63) is 35.4 Å². The Hall–Kier alpha value is 0.307. The predicted molar refractivity (Wildman–Crippen MR) is 62.8 cm³/mol. The molecule has 0 fully saturated rings. The maximum absolute atomic E-state index is 5.81. The first-order valence-electron chi connectivity index (χ1n) is 4.16. The lowest BCUT2D eigenvalue weighted by Gasteiger charge is -2.07. The monoisotopic (exact) mass is 252 g/mol. The van der Waals surface area contributed by atoms with Crippen LogP contribution in [0.5, 0.6) is 0 Å². The quantitative estimate of drug-likeness (QED) is 0.564. The molecule has 0 heterocycles. The van der Waals surface area contributed by atoms with Crippen molar-refractivity contribution >= 4 is 39.2 Å². The Kier molecular flexibility index (Phi) is 4.11. The molecule has 0 atom stereocenters. The third-order valence-corrected chi connectivity index (χ3v) is 3.85. The normalized spacial score (nSPS) is 11.7. The molecule has 0 amide bonds. The molecule has 1 aromatic carbocycles. The van der Waals surface area contributed by atoms with Crippen LogP contribution in [0.4, 0.5) is 0 Å². The van der Waals surface area contributed by atoms with Crippen LogP contribution < -0.4 is 0 Å². The zero-order valence-corrected chi connectivity index (χ0v) is 10.6. The standard InChI is InChI=1S/C9H11Cl3Si/c1-2-8-3-5-9(6-4-8)7-13(10,11)12/h3-6H,2,7H2,1H3. The average molecular weight is 254 g/mol. The summed E-state index contributed by atoms with van der Waals surface area (Å²) in [6.07, 6.45) is 1.05. The zero-order chi connectivity index (χ0) is 9.90. The summed E-state index contributed by atoms with van der Waals surface area (Å²) in [6, 6.07) is 6.33. The second-order valence-electron chi connectivity index (χ2n) is 2.96. The molecule has 0 spiro atoms. The van der Waals surface area contributed by atoms with Gasteiger partial charge in [0, 0.05) is 6.04 Å². The highest BCUT2D eigenvalue weighted by atomic mass is 35.8. The van der Waals surface area contributed by atoms with Gasteiger partial charge >= 0.3 is 6.00 Å². The lowest BCUT2D eigenvalue weighted by molar-refractivity contribution is 1.13. The summed E-state index contributed by atoms with van der Waals surface area (Å²) >= 11 is 17.4. The van der Waals surface area contributed by atoms with Crippen LogP contribution in [-0.4, -0.2) is 6.00 Å². The zero-order valence-electron chi connectivity index (χ0n) is 7.36. The minimum absolute atomic E-state index is 0.599. The van der Waals surface area contributed by atoms with Gasteiger partial charge in [0.2, 0.25) is 0 Å². The minimum atomic E-state index is -2.51. The van der Waals surface area contributed by atoms with E-state index in [1.54, 1.807) is 0 Å². The summed E-state index contributed by atoms with van der Waals surface area (Å²) in [5.41, 5.74) is 2.43. The van der Waals surface area contributed by atoms with Gasteiger partial charge in [0.1, 0.15) is 0 Å². The Labute approximate surface area is 93.9 Å². The van der Waals surface area contributed by atoms with Crippen molar-refractivity contribution in [1.29, 1.82) is 0 Å². The van der Waals surface area contributed by atoms with Crippen LogP contribution >= 0.6 is 33.2 Å². The maximum atomic E-state index is 5.81. The van der Waals surface area contributed by atoms with Crippen LogP contribution in [0.1, 0.15) is 18.1 Å². The minimum Gasteiger partial charge on any atom is -0.126 e. The van der Waals surface area contributed by atoms with Gasteiger partial charge < -0.3 is 0 Å². The van der Waals surface area contributed by atoms with Crippen molar-refractivity contribution in [2.75, 3.05) is 0 Å². The van der Waals surface area contributed by atoms with Crippen LogP contribution in [0, 0.1) is 0 Å². The molecule has 0 nitrogen and oxygen atoms in total. The number of hydrogen-bond acceptors (Lipinski definition) is 0. The molecule has 0 saturated carbocycles. The second-order valence-corrected chi connectivity index (χ2v) is 12.1. The van der Waals surface area contributed by atoms with E-state index in [0.717, 1.165) is 12.0 Å². The van der Waals surface area contributed by atoms with E-state index in [9.17, 15) is 0 Å². The molecule has 0 aliphatic carbocycles. The molecule has 0 aromatic heterocycles. The van der Waals surface area contributed by atoms with Crippen LogP contribution in [0.25, 0.3) is 0 Å². The molecule has 0 bridgehead atoms. The van der Waals surface area contributed by atoms with Gasteiger partial charge in [-0.05, 0) is 17.5 Å². The highest BCUT2D eigenvalue weighted by molar-refractivity contribution is 7.64. The Morgan fingerprint density at radius 2 is 1.46 bits per heavy atom. The van der Waals surface area contributed by atoms with Crippen LogP contribution in [0.3, 0.4) is 0 Å². The Bertz CT molecular complexity index is 263. The molecule has 0 unspecified atom stereocenters. The smallest absolute Gasteiger partial charge is 0.126 e. The van der Waals surface area contributed by atoms with E-state index in [2.05, 4.69) is 19.1 Å². The van der Waals surface area contributed by atoms with Gasteiger partial charge in [-0.3, -0.25) is 0 Å². The van der Waals surface area contributed by atoms with Gasteiger partial charge in [-0.2, -0.15) is 0 Å². The fourth-order valence-electron chi connectivity index (χ4n) is 1.12. The van der Waals surface area contributed by atoms with E-state index in [1.165, 1.54) is 5.56 Å². The second kappa shape index (κ2) is 4.69. The number of benzene rings is 1. The van der Waals surface area contributed by atoms with Gasteiger partial charge in [0.25, 0.3) is 0 Å². The molecule has 0 aliphatic heterocycles. The van der Waals surface area contributed by atoms with Gasteiger partial charge in [-0.1, -0.05) is 31.2 Å². The van der Waals surface area contributed by atoms with Gasteiger partial charge in [0.15, 0.2) is 0 Å². The molecular formula is C9H11Cl3Si. The fraction of sp³-hybridized carbons (Fsp3) is 0.333. The van der Waals surface area contributed by atoms with Crippen LogP contribution in [-0.2, 0) is 12.5 Å². The molecule has 0 aliphatic rings. The molecule has 0 radical (unpaired) electrons. The number of rotatable bonds is 3. The topological polar surface area (TPSA) is 0 Å². The summed E-state index contributed by atoms with van der Waals surface area (Å²) in [5.74, 6) is 0. The van der Waals surface area contributed by atoms with E-state index < -0.39 is 6.00 Å². The van der Waals surface area contributed by atoms with E-state index in [1.807, 2.05) is 12.1 Å². The van der Waals surface area contributed by atoms with Gasteiger partial charge in [0.05, 0.1) is 0 Å². The highest BCUT2D eigenvalue weighted by Crippen LogP contribution is 2.24. The van der Waals surface area contributed by atoms with E-state index in [0.29, 0.717) is 6.04 Å². The third-order valence-electron chi connectivity index (χ3n) is 1.84. The highest BCUT2D eigenvalue weighted by Gasteiger charge is 2.24. The van der Waals surface area contributed by atoms with Crippen LogP contribution in [0.2, 0.25) is 0 Å². The molecular weight excluding hydrogens is 243 g/mol. The number of aryl methyl sites for hydroxylation is 1. The molecule has 1 rings (SSSR count). The first-order valence-corrected chi connectivity index (χ1v) is 9.40. The molecule has 13 heavy (non-hydrogen) atoms. The number of halogens is 3. The average Bonchev–Trinajstić information content (AvgIpc) is 2.03. The van der Waals surface area contributed by atoms with Gasteiger partial charge in [-0.15, -0.1) is 33.2 Å². The summed E-state index contributed by atoms with van der Waals surface area (Å²) in [6.45, 7) is 2.12. The van der Waals surface area contributed by atoms with E-state index in [4.69, 9.17) is 33.2 Å². The summed E-state index contributed by atoms with van der Waals surface area (Å²) in [7, 11) is 0. The van der Waals surface area contributed by atoms with Crippen molar-refractivity contribution in [3.63, 3.8) is 0 Å². The maximum Gasteiger partial charge on any atom is 0.345 e. The first kappa shape index (κ1) is 11.4. The summed E-state index contributed by atoms with van der Waals surface area (Å²) in [5, 5.41) is 0. The first-order chi connectivity index (χ1) is 6.01. The van der Waals surface area contributed by atoms with Gasteiger partial charge in [-0.25, -0.2) is 0 Å². The van der Waals surface area contributed by atoms with Crippen molar-refractivity contribution in [2.45, 2.75) is 19.4 Å². The lowest BCUT2D eigenvalue weighted by atomic mass is 10.1. The van der Waals surface area contributed by atoms with Crippen molar-refractivity contribution in [2.24, 2.45) is 0 Å². The predicted octanol–water partition coefficient (Wildman–Crippen LogP) is 3.99. The Balaban J connectivity index is 2.70. The largest absolute Gasteiger partial charge is 0.345 e. The third kappa shape index (κ3) is 4.36. The fourth-order valence-corrected chi connectivity index (χ4v) is 3.21. The Morgan fingerprint density at radius 3 is 1.85 bits per heavy atom. The molecule has 1 aromatic rings. The van der Waals surface area contributed by atoms with E-state index >= 15 is 0 Å². The van der Waals surface area contributed by atoms with Crippen LogP contribution in [0.15, 0.2) is 24.3 Å². The van der Waals surface area contributed by atoms with Crippen molar-refractivity contribution in [1.82, 2.24) is 0 Å². The summed E-state index contributed by atoms with van der Waals surface area (Å²) in [4.78, 5) is 0. The Morgan fingerprint density at radius 1 is 1.00 bits per heavy atom. The number of hydrogen-bond donors (Lipinski definition) is 0. The summed E-state index contributed by atoms with van der Waals surface area (Å²) < 4.78 is 0.